The van der Waals surface area contributed by atoms with Crippen LogP contribution in [0, 0.1) is 24.7 Å². The molecule has 11 heteroatoms. The van der Waals surface area contributed by atoms with E-state index in [2.05, 4.69) is 21.1 Å². The van der Waals surface area contributed by atoms with E-state index in [-0.39, 0.29) is 25.3 Å². The number of carbonyl (C=O) groups excluding carboxylic acids is 1. The van der Waals surface area contributed by atoms with E-state index in [9.17, 15) is 4.79 Å². The van der Waals surface area contributed by atoms with Crippen molar-refractivity contribution in [3.8, 4) is 0 Å². The number of amides is 1. The maximum absolute atomic E-state index is 12.5. The number of piperazine rings is 1. The van der Waals surface area contributed by atoms with Crippen molar-refractivity contribution in [1.82, 2.24) is 9.80 Å². The van der Waals surface area contributed by atoms with Crippen molar-refractivity contribution in [2.24, 2.45) is 15.9 Å². The molecule has 0 saturated carbocycles. The molecular weight excluding hydrogens is 450 g/mol. The van der Waals surface area contributed by atoms with E-state index in [0.29, 0.717) is 31.9 Å². The third kappa shape index (κ3) is 7.78. The fourth-order valence-electron chi connectivity index (χ4n) is 3.71. The second-order valence-electron chi connectivity index (χ2n) is 9.77. The largest absolute Gasteiger partial charge is 0.444 e. The maximum Gasteiger partial charge on any atom is 0.410 e. The minimum Gasteiger partial charge on any atom is -0.444 e. The second-order valence-corrected chi connectivity index (χ2v) is 9.77. The number of ether oxygens (including phenoxy) is 2. The first kappa shape index (κ1) is 27.8. The predicted octanol–water partition coefficient (Wildman–Crippen LogP) is 3.80. The van der Waals surface area contributed by atoms with Gasteiger partial charge in [-0.3, -0.25) is 15.7 Å². The van der Waals surface area contributed by atoms with Gasteiger partial charge in [0, 0.05) is 33.6 Å². The topological polar surface area (TPSA) is 161 Å². The van der Waals surface area contributed by atoms with E-state index < -0.39 is 17.2 Å². The highest BCUT2D eigenvalue weighted by Gasteiger charge is 2.31. The van der Waals surface area contributed by atoms with Gasteiger partial charge in [0.25, 0.3) is 6.02 Å². The Morgan fingerprint density at radius 2 is 1.94 bits per heavy atom. The van der Waals surface area contributed by atoms with Crippen LogP contribution in [0.25, 0.3) is 0 Å². The normalized spacial score (nSPS) is 17.8. The van der Waals surface area contributed by atoms with Gasteiger partial charge in [-0.1, -0.05) is 11.2 Å². The average molecular weight is 490 g/mol. The number of hydrogen-bond acceptors (Lipinski definition) is 9. The van der Waals surface area contributed by atoms with E-state index in [0.717, 1.165) is 16.7 Å². The van der Waals surface area contributed by atoms with Gasteiger partial charge < -0.3 is 25.3 Å². The van der Waals surface area contributed by atoms with Crippen LogP contribution in [-0.2, 0) is 16.0 Å². The molecule has 2 rings (SSSR count). The van der Waals surface area contributed by atoms with E-state index in [4.69, 9.17) is 31.2 Å². The van der Waals surface area contributed by atoms with Crippen LogP contribution < -0.4 is 5.73 Å². The predicted molar refractivity (Wildman–Crippen MR) is 138 cm³/mol. The molecule has 1 aliphatic heterocycles. The number of oxime groups is 1. The lowest BCUT2D eigenvalue weighted by molar-refractivity contribution is 0.000538. The van der Waals surface area contributed by atoms with Gasteiger partial charge in [-0.05, 0) is 71.2 Å². The Labute approximate surface area is 208 Å². The summed E-state index contributed by atoms with van der Waals surface area (Å²) in [5.74, 6) is -0.566. The van der Waals surface area contributed by atoms with E-state index in [1.54, 1.807) is 4.90 Å². The van der Waals surface area contributed by atoms with Gasteiger partial charge in [-0.25, -0.2) is 4.79 Å². The summed E-state index contributed by atoms with van der Waals surface area (Å²) in [6.07, 6.45) is -0.289. The van der Waals surface area contributed by atoms with Gasteiger partial charge in [0.2, 0.25) is 5.90 Å². The number of aliphatic imine (C=N–C) groups is 1. The summed E-state index contributed by atoms with van der Waals surface area (Å²) in [5, 5.41) is 27.2. The number of nitrogens with zero attached hydrogens (tertiary/aromatic N) is 4. The number of aryl methyl sites for hydroxylation is 1. The number of hydrogen-bond donors (Lipinski definition) is 4. The molecule has 1 saturated heterocycles. The minimum absolute atomic E-state index is 0. The number of benzene rings is 1. The number of nitrogens with one attached hydrogen (secondary N) is 2. The molecule has 1 heterocycles. The molecule has 1 atom stereocenters. The zero-order chi connectivity index (χ0) is 26.5. The molecule has 0 bridgehead atoms. The van der Waals surface area contributed by atoms with Gasteiger partial charge >= 0.3 is 6.09 Å². The Balaban J connectivity index is 0.00000648. The quantitative estimate of drug-likeness (QED) is 0.213. The van der Waals surface area contributed by atoms with Gasteiger partial charge in [0.1, 0.15) is 17.0 Å². The zero-order valence-corrected chi connectivity index (χ0v) is 21.6. The van der Waals surface area contributed by atoms with Crippen molar-refractivity contribution in [3.63, 3.8) is 0 Å². The molecule has 1 amide bonds. The molecule has 1 aromatic carbocycles. The summed E-state index contributed by atoms with van der Waals surface area (Å²) in [7, 11) is 0. The second kappa shape index (κ2) is 11.3. The lowest BCUT2D eigenvalue weighted by Gasteiger charge is -2.40. The van der Waals surface area contributed by atoms with Crippen LogP contribution >= 0.6 is 0 Å². The third-order valence-corrected chi connectivity index (χ3v) is 5.54. The first-order valence-corrected chi connectivity index (χ1v) is 11.4. The van der Waals surface area contributed by atoms with E-state index in [1.807, 2.05) is 47.6 Å². The lowest BCUT2D eigenvalue weighted by Crippen LogP contribution is -2.54. The van der Waals surface area contributed by atoms with Crippen molar-refractivity contribution < 1.29 is 20.9 Å². The molecule has 0 radical (unpaired) electrons. The monoisotopic (exact) mass is 489 g/mol. The molecule has 0 unspecified atom stereocenters. The summed E-state index contributed by atoms with van der Waals surface area (Å²) >= 11 is 0. The zero-order valence-electron chi connectivity index (χ0n) is 21.6. The SMILES string of the molecule is C/C(=N/O)C(=N)C(=N)OC(N)=Nc1cc(C)cc(CN2CCN(C(=O)OC(C)(C)C)[C@@H](C)C2)c1C.[HH]. The molecule has 1 aromatic rings. The first-order valence-electron chi connectivity index (χ1n) is 11.4. The molecule has 194 valence electrons. The summed E-state index contributed by atoms with van der Waals surface area (Å²) in [6.45, 7) is 15.6. The van der Waals surface area contributed by atoms with Crippen LogP contribution in [0.4, 0.5) is 10.5 Å². The van der Waals surface area contributed by atoms with Crippen LogP contribution in [-0.4, -0.2) is 75.7 Å². The molecule has 0 aromatic heterocycles. The fraction of sp³-hybridized carbons (Fsp3) is 0.542. The maximum atomic E-state index is 12.5. The van der Waals surface area contributed by atoms with Crippen LogP contribution in [0.1, 0.15) is 52.7 Å². The lowest BCUT2D eigenvalue weighted by atomic mass is 10.0. The van der Waals surface area contributed by atoms with E-state index in [1.165, 1.54) is 6.92 Å². The molecule has 1 fully saturated rings. The molecular formula is C24H39N7O4. The smallest absolute Gasteiger partial charge is 0.410 e. The molecule has 35 heavy (non-hydrogen) atoms. The minimum atomic E-state index is -0.566. The van der Waals surface area contributed by atoms with E-state index >= 15 is 0 Å². The molecule has 5 N–H and O–H groups in total. The fourth-order valence-corrected chi connectivity index (χ4v) is 3.71. The highest BCUT2D eigenvalue weighted by atomic mass is 16.6. The molecule has 11 nitrogen and oxygen atoms in total. The number of amidine groups is 1. The Morgan fingerprint density at radius 1 is 1.29 bits per heavy atom. The number of nitrogens with two attached hydrogens (primary N) is 1. The van der Waals surface area contributed by atoms with Gasteiger partial charge in [0.05, 0.1) is 5.69 Å². The molecule has 0 aliphatic carbocycles. The Kier molecular flexibility index (Phi) is 8.97. The number of rotatable bonds is 5. The van der Waals surface area contributed by atoms with Gasteiger partial charge in [0.15, 0.2) is 0 Å². The third-order valence-electron chi connectivity index (χ3n) is 5.54. The van der Waals surface area contributed by atoms with Crippen molar-refractivity contribution in [3.05, 3.63) is 28.8 Å². The Hall–Kier alpha value is -3.47. The molecule has 0 spiro atoms. The van der Waals surface area contributed by atoms with Crippen molar-refractivity contribution in [1.29, 1.82) is 10.8 Å². The Morgan fingerprint density at radius 3 is 2.51 bits per heavy atom. The van der Waals surface area contributed by atoms with Crippen LogP contribution in [0.5, 0.6) is 0 Å². The summed E-state index contributed by atoms with van der Waals surface area (Å²) < 4.78 is 10.7. The van der Waals surface area contributed by atoms with Crippen molar-refractivity contribution >= 4 is 35.1 Å². The van der Waals surface area contributed by atoms with Crippen LogP contribution in [0.2, 0.25) is 0 Å². The van der Waals surface area contributed by atoms with Crippen molar-refractivity contribution in [2.45, 2.75) is 66.7 Å². The first-order chi connectivity index (χ1) is 16.2. The number of carbonyl (C=O) groups is 1. The van der Waals surface area contributed by atoms with Crippen molar-refractivity contribution in [2.75, 3.05) is 19.6 Å². The van der Waals surface area contributed by atoms with Gasteiger partial charge in [-0.15, -0.1) is 0 Å². The van der Waals surface area contributed by atoms with Crippen LogP contribution in [0.3, 0.4) is 0 Å². The van der Waals surface area contributed by atoms with Crippen LogP contribution in [0.15, 0.2) is 22.3 Å². The molecule has 1 aliphatic rings. The Bertz CT molecular complexity index is 1050. The standard InChI is InChI=1S/C24H37N7O4.H2/c1-14-10-18(13-30-8-9-31(15(2)12-30)23(32)35-24(5,6)7)16(3)19(11-14)28-22(27)34-21(26)20(25)17(4)29-33;/h10-11,15,25-26,33H,8-9,12-13H2,1-7H3,(H2,27,28);1H/b25-20?,26-21?,29-17-;/t15-;/m0./s1. The average Bonchev–Trinajstić information content (AvgIpc) is 2.74. The summed E-state index contributed by atoms with van der Waals surface area (Å²) in [4.78, 5) is 20.9. The summed E-state index contributed by atoms with van der Waals surface area (Å²) in [6, 6.07) is 3.69. The van der Waals surface area contributed by atoms with Gasteiger partial charge in [-0.2, -0.15) is 4.99 Å². The highest BCUT2D eigenvalue weighted by Crippen LogP contribution is 2.26. The summed E-state index contributed by atoms with van der Waals surface area (Å²) in [5.41, 5.74) is 8.45. The highest BCUT2D eigenvalue weighted by molar-refractivity contribution is 6.65.